The van der Waals surface area contributed by atoms with E-state index in [4.69, 9.17) is 0 Å². The lowest BCUT2D eigenvalue weighted by Crippen LogP contribution is -2.70. The van der Waals surface area contributed by atoms with Gasteiger partial charge in [-0.15, -0.1) is 0 Å². The Balaban J connectivity index is 1.98. The third kappa shape index (κ3) is 5.12. The van der Waals surface area contributed by atoms with Crippen molar-refractivity contribution in [1.82, 2.24) is 9.62 Å². The van der Waals surface area contributed by atoms with Gasteiger partial charge in [0.15, 0.2) is 0 Å². The number of nitrogens with one attached hydrogen (secondary N) is 1. The zero-order chi connectivity index (χ0) is 22.8. The predicted molar refractivity (Wildman–Crippen MR) is 122 cm³/mol. The van der Waals surface area contributed by atoms with E-state index in [1.54, 1.807) is 6.92 Å². The highest BCUT2D eigenvalue weighted by atomic mass is 32.2. The average molecular weight is 450 g/mol. The van der Waals surface area contributed by atoms with Gasteiger partial charge in [-0.05, 0) is 50.8 Å². The molecule has 0 bridgehead atoms. The normalized spacial score (nSPS) is 24.5. The van der Waals surface area contributed by atoms with E-state index >= 15 is 0 Å². The zero-order valence-electron chi connectivity index (χ0n) is 19.1. The number of piperazine rings is 1. The number of anilines is 1. The van der Waals surface area contributed by atoms with Crippen LogP contribution in [0, 0.1) is 13.8 Å². The first kappa shape index (κ1) is 23.7. The minimum atomic E-state index is -3.63. The Labute approximate surface area is 186 Å². The van der Waals surface area contributed by atoms with Gasteiger partial charge in [0.25, 0.3) is 0 Å². The second kappa shape index (κ2) is 9.28. The maximum Gasteiger partial charge on any atom is 0.247 e. The summed E-state index contributed by atoms with van der Waals surface area (Å²) in [5.74, 6) is -0.679. The smallest absolute Gasteiger partial charge is 0.247 e. The molecule has 1 saturated heterocycles. The highest BCUT2D eigenvalue weighted by molar-refractivity contribution is 7.88. The summed E-state index contributed by atoms with van der Waals surface area (Å²) >= 11 is 0. The molecule has 2 aliphatic rings. The molecular weight excluding hydrogens is 414 g/mol. The van der Waals surface area contributed by atoms with Crippen molar-refractivity contribution in [2.45, 2.75) is 77.3 Å². The molecule has 2 fully saturated rings. The molecule has 0 radical (unpaired) electrons. The lowest BCUT2D eigenvalue weighted by atomic mass is 9.91. The summed E-state index contributed by atoms with van der Waals surface area (Å²) in [4.78, 5) is 28.4. The fourth-order valence-corrected chi connectivity index (χ4v) is 5.52. The number of nitrogens with zero attached hydrogens (tertiary/aromatic N) is 2. The summed E-state index contributed by atoms with van der Waals surface area (Å²) < 4.78 is 25.7. The van der Waals surface area contributed by atoms with Crippen LogP contribution in [0.4, 0.5) is 5.69 Å². The summed E-state index contributed by atoms with van der Waals surface area (Å²) in [7, 11) is -3.63. The van der Waals surface area contributed by atoms with Crippen LogP contribution in [-0.4, -0.2) is 55.5 Å². The molecule has 1 aliphatic carbocycles. The van der Waals surface area contributed by atoms with Crippen LogP contribution >= 0.6 is 0 Å². The molecule has 0 aromatic heterocycles. The Morgan fingerprint density at radius 2 is 1.71 bits per heavy atom. The molecule has 31 heavy (non-hydrogen) atoms. The largest absolute Gasteiger partial charge is 0.351 e. The Kier molecular flexibility index (Phi) is 7.11. The van der Waals surface area contributed by atoms with Gasteiger partial charge in [0.2, 0.25) is 21.8 Å². The van der Waals surface area contributed by atoms with E-state index in [9.17, 15) is 18.0 Å². The van der Waals surface area contributed by atoms with E-state index in [-0.39, 0.29) is 30.9 Å². The zero-order valence-corrected chi connectivity index (χ0v) is 19.9. The van der Waals surface area contributed by atoms with Crippen LogP contribution in [0.15, 0.2) is 18.2 Å². The van der Waals surface area contributed by atoms with Crippen molar-refractivity contribution in [3.63, 3.8) is 0 Å². The minimum absolute atomic E-state index is 0.0498. The lowest BCUT2D eigenvalue weighted by Gasteiger charge is -2.47. The number of benzene rings is 1. The Morgan fingerprint density at radius 3 is 2.32 bits per heavy atom. The molecule has 0 spiro atoms. The van der Waals surface area contributed by atoms with Gasteiger partial charge in [0.05, 0.1) is 12.8 Å². The first-order valence-electron chi connectivity index (χ1n) is 11.2. The second-order valence-electron chi connectivity index (χ2n) is 9.27. The number of hydrogen-bond donors (Lipinski definition) is 1. The van der Waals surface area contributed by atoms with Crippen molar-refractivity contribution >= 4 is 27.5 Å². The van der Waals surface area contributed by atoms with E-state index in [0.717, 1.165) is 47.4 Å². The number of rotatable bonds is 4. The average Bonchev–Trinajstić information content (AvgIpc) is 2.65. The van der Waals surface area contributed by atoms with E-state index in [2.05, 4.69) is 5.32 Å². The van der Waals surface area contributed by atoms with Crippen LogP contribution in [0.25, 0.3) is 0 Å². The van der Waals surface area contributed by atoms with Crippen molar-refractivity contribution in [3.05, 3.63) is 29.3 Å². The molecule has 1 heterocycles. The standard InChI is InChI=1S/C23H35N3O4S/c1-17-11-10-14-20(18(17)2)26-21(27)15-25(31(4,29)30)16-23(26,3)22(28)24-19-12-8-6-5-7-9-13-19/h10-11,14,19H,5-9,12-13,15-16H2,1-4H3,(H,24,28)/t23-/m1/s1. The number of carbonyl (C=O) groups is 2. The molecule has 172 valence electrons. The topological polar surface area (TPSA) is 86.8 Å². The molecule has 1 atom stereocenters. The molecule has 2 amide bonds. The molecule has 3 rings (SSSR count). The van der Waals surface area contributed by atoms with Gasteiger partial charge in [-0.1, -0.05) is 44.2 Å². The molecule has 7 nitrogen and oxygen atoms in total. The highest BCUT2D eigenvalue weighted by Gasteiger charge is 2.51. The number of aryl methyl sites for hydroxylation is 1. The van der Waals surface area contributed by atoms with Crippen LogP contribution in [0.5, 0.6) is 0 Å². The van der Waals surface area contributed by atoms with Gasteiger partial charge in [0, 0.05) is 18.3 Å². The van der Waals surface area contributed by atoms with Gasteiger partial charge >= 0.3 is 0 Å². The van der Waals surface area contributed by atoms with Gasteiger partial charge in [-0.3, -0.25) is 14.5 Å². The van der Waals surface area contributed by atoms with Crippen molar-refractivity contribution in [3.8, 4) is 0 Å². The Hall–Kier alpha value is -1.93. The first-order chi connectivity index (χ1) is 14.5. The Bertz CT molecular complexity index is 938. The maximum absolute atomic E-state index is 13.7. The van der Waals surface area contributed by atoms with Gasteiger partial charge in [-0.2, -0.15) is 4.31 Å². The van der Waals surface area contributed by atoms with Crippen LogP contribution in [0.3, 0.4) is 0 Å². The van der Waals surface area contributed by atoms with Crippen molar-refractivity contribution in [2.75, 3.05) is 24.2 Å². The van der Waals surface area contributed by atoms with E-state index < -0.39 is 15.6 Å². The monoisotopic (exact) mass is 449 g/mol. The van der Waals surface area contributed by atoms with Crippen LogP contribution in [0.1, 0.15) is 63.0 Å². The molecule has 1 aromatic rings. The molecule has 8 heteroatoms. The maximum atomic E-state index is 13.7. The quantitative estimate of drug-likeness (QED) is 0.766. The molecule has 1 aromatic carbocycles. The highest BCUT2D eigenvalue weighted by Crippen LogP contribution is 2.34. The predicted octanol–water partition coefficient (Wildman–Crippen LogP) is 2.90. The number of sulfonamides is 1. The van der Waals surface area contributed by atoms with Crippen molar-refractivity contribution in [1.29, 1.82) is 0 Å². The van der Waals surface area contributed by atoms with E-state index in [1.165, 1.54) is 24.2 Å². The fourth-order valence-electron chi connectivity index (χ4n) is 4.69. The molecule has 1 N–H and O–H groups in total. The first-order valence-corrected chi connectivity index (χ1v) is 13.0. The van der Waals surface area contributed by atoms with Crippen LogP contribution < -0.4 is 10.2 Å². The summed E-state index contributed by atoms with van der Waals surface area (Å²) in [5.41, 5.74) is 1.25. The molecule has 1 saturated carbocycles. The molecule has 1 aliphatic heterocycles. The number of hydrogen-bond acceptors (Lipinski definition) is 4. The van der Waals surface area contributed by atoms with Crippen molar-refractivity contribution in [2.24, 2.45) is 0 Å². The third-order valence-corrected chi connectivity index (χ3v) is 7.95. The van der Waals surface area contributed by atoms with E-state index in [1.807, 2.05) is 32.0 Å². The number of amides is 2. The second-order valence-corrected chi connectivity index (χ2v) is 11.3. The SMILES string of the molecule is Cc1cccc(N2C(=O)CN(S(C)(=O)=O)C[C@]2(C)C(=O)NC2CCCCCCC2)c1C. The summed E-state index contributed by atoms with van der Waals surface area (Å²) in [6.45, 7) is 5.24. The summed E-state index contributed by atoms with van der Waals surface area (Å²) in [6.07, 6.45) is 8.60. The fraction of sp³-hybridized carbons (Fsp3) is 0.652. The van der Waals surface area contributed by atoms with Crippen LogP contribution in [0.2, 0.25) is 0 Å². The minimum Gasteiger partial charge on any atom is -0.351 e. The van der Waals surface area contributed by atoms with Gasteiger partial charge in [-0.25, -0.2) is 8.42 Å². The van der Waals surface area contributed by atoms with E-state index in [0.29, 0.717) is 5.69 Å². The molecule has 0 unspecified atom stereocenters. The Morgan fingerprint density at radius 1 is 1.10 bits per heavy atom. The van der Waals surface area contributed by atoms with Crippen molar-refractivity contribution < 1.29 is 18.0 Å². The van der Waals surface area contributed by atoms with Crippen LogP contribution in [-0.2, 0) is 19.6 Å². The lowest BCUT2D eigenvalue weighted by molar-refractivity contribution is -0.133. The number of carbonyl (C=O) groups excluding carboxylic acids is 2. The van der Waals surface area contributed by atoms with Gasteiger partial charge in [0.1, 0.15) is 5.54 Å². The molecular formula is C23H35N3O4S. The summed E-state index contributed by atoms with van der Waals surface area (Å²) in [5, 5.41) is 3.17. The van der Waals surface area contributed by atoms with Gasteiger partial charge < -0.3 is 5.32 Å². The summed E-state index contributed by atoms with van der Waals surface area (Å²) in [6, 6.07) is 5.70. The third-order valence-electron chi connectivity index (χ3n) is 6.75.